The summed E-state index contributed by atoms with van der Waals surface area (Å²) in [5.74, 6) is -1.82. The maximum absolute atomic E-state index is 13.1. The average molecular weight is 676 g/mol. The van der Waals surface area contributed by atoms with Gasteiger partial charge in [0.15, 0.2) is 12.1 Å². The summed E-state index contributed by atoms with van der Waals surface area (Å²) in [7, 11) is 4.27. The molecule has 3 heterocycles. The minimum atomic E-state index is -4.68. The van der Waals surface area contributed by atoms with E-state index in [4.69, 9.17) is 0 Å². The van der Waals surface area contributed by atoms with Crippen molar-refractivity contribution in [2.45, 2.75) is 52.8 Å². The van der Waals surface area contributed by atoms with Crippen molar-refractivity contribution in [3.8, 4) is 0 Å². The van der Waals surface area contributed by atoms with E-state index < -0.39 is 23.7 Å². The number of pyridine rings is 2. The van der Waals surface area contributed by atoms with Crippen molar-refractivity contribution in [3.05, 3.63) is 59.2 Å². The Hall–Kier alpha value is -5.19. The van der Waals surface area contributed by atoms with Crippen molar-refractivity contribution in [1.82, 2.24) is 30.2 Å². The third kappa shape index (κ3) is 11.3. The van der Waals surface area contributed by atoms with Crippen LogP contribution >= 0.6 is 0 Å². The fraction of sp³-hybridized carbons (Fsp3) is 0.419. The monoisotopic (exact) mass is 675 g/mol. The molecule has 0 atom stereocenters. The second kappa shape index (κ2) is 18.2. The lowest BCUT2D eigenvalue weighted by Crippen LogP contribution is -2.38. The van der Waals surface area contributed by atoms with Crippen LogP contribution in [0.1, 0.15) is 77.4 Å². The largest absolute Gasteiger partial charge is 0.433 e. The fourth-order valence-electron chi connectivity index (χ4n) is 3.97. The third-order valence-corrected chi connectivity index (χ3v) is 6.62. The quantitative estimate of drug-likeness (QED) is 0.242. The number of rotatable bonds is 12. The summed E-state index contributed by atoms with van der Waals surface area (Å²) < 4.78 is 38.6. The average Bonchev–Trinajstić information content (AvgIpc) is 3.86. The van der Waals surface area contributed by atoms with Gasteiger partial charge in [-0.1, -0.05) is 13.8 Å². The van der Waals surface area contributed by atoms with Crippen LogP contribution in [0.5, 0.6) is 0 Å². The first-order valence-corrected chi connectivity index (χ1v) is 15.1. The molecular formula is C31H40F3N9O5. The molecule has 1 aliphatic carbocycles. The Labute approximate surface area is 276 Å². The number of carbonyl (C=O) groups is 5. The normalized spacial score (nSPS) is 12.0. The standard InChI is InChI=1S/C24H23F3N8O5.C5H11N.C2H6/c1-3-34(13-37)20-17(12-36)31-23(32-20)33-21(39)15-5-7-19(30-10-15)35(9-8-28-14(2)38)22(40)16-4-6-18(29-11-16)24(25,26)27;1-6(2)5-3-4-5;1-2/h4-7,10-13H,3,8-9H2,1-2H3,(H,28,38)(H2,31,32,33,39);5H,3-4H2,1-2H3;1-2H3. The number of aldehydes is 1. The zero-order valence-corrected chi connectivity index (χ0v) is 27.6. The van der Waals surface area contributed by atoms with Gasteiger partial charge in [0.25, 0.3) is 11.8 Å². The number of H-pyrrole nitrogens is 1. The van der Waals surface area contributed by atoms with Gasteiger partial charge >= 0.3 is 6.18 Å². The lowest BCUT2D eigenvalue weighted by atomic mass is 10.2. The van der Waals surface area contributed by atoms with Crippen molar-refractivity contribution in [2.24, 2.45) is 0 Å². The molecule has 1 aliphatic rings. The Balaban J connectivity index is 0.000000884. The summed E-state index contributed by atoms with van der Waals surface area (Å²) in [6.45, 7) is 7.09. The topological polar surface area (TPSA) is 174 Å². The molecule has 48 heavy (non-hydrogen) atoms. The Bertz CT molecular complexity index is 1520. The Morgan fingerprint density at radius 2 is 1.67 bits per heavy atom. The molecule has 1 saturated carbocycles. The number of anilines is 3. The first kappa shape index (κ1) is 39.0. The zero-order chi connectivity index (χ0) is 36.0. The van der Waals surface area contributed by atoms with Crippen molar-refractivity contribution in [1.29, 1.82) is 0 Å². The van der Waals surface area contributed by atoms with Crippen LogP contribution < -0.4 is 20.4 Å². The number of imidazole rings is 1. The van der Waals surface area contributed by atoms with Gasteiger partial charge in [0.2, 0.25) is 18.3 Å². The Kier molecular flexibility index (Phi) is 14.8. The molecular weight excluding hydrogens is 635 g/mol. The summed E-state index contributed by atoms with van der Waals surface area (Å²) in [6.07, 6.45) is 1.02. The van der Waals surface area contributed by atoms with E-state index >= 15 is 0 Å². The van der Waals surface area contributed by atoms with Gasteiger partial charge in [0.1, 0.15) is 17.2 Å². The zero-order valence-electron chi connectivity index (χ0n) is 27.6. The minimum Gasteiger partial charge on any atom is -0.355 e. The van der Waals surface area contributed by atoms with Crippen LogP contribution in [0.4, 0.5) is 30.8 Å². The van der Waals surface area contributed by atoms with Crippen molar-refractivity contribution >= 4 is 48.0 Å². The summed E-state index contributed by atoms with van der Waals surface area (Å²) in [5, 5.41) is 4.96. The van der Waals surface area contributed by atoms with E-state index in [0.717, 1.165) is 34.3 Å². The molecule has 1 fully saturated rings. The molecule has 260 valence electrons. The van der Waals surface area contributed by atoms with Crippen LogP contribution in [-0.2, 0) is 15.8 Å². The number of nitrogens with zero attached hydrogens (tertiary/aromatic N) is 6. The highest BCUT2D eigenvalue weighted by Crippen LogP contribution is 2.27. The lowest BCUT2D eigenvalue weighted by Gasteiger charge is -2.22. The van der Waals surface area contributed by atoms with Gasteiger partial charge in [0, 0.05) is 45.0 Å². The summed E-state index contributed by atoms with van der Waals surface area (Å²) >= 11 is 0. The molecule has 0 saturated heterocycles. The molecule has 0 radical (unpaired) electrons. The molecule has 17 heteroatoms. The van der Waals surface area contributed by atoms with E-state index in [1.165, 1.54) is 31.9 Å². The van der Waals surface area contributed by atoms with Gasteiger partial charge < -0.3 is 15.2 Å². The first-order valence-electron chi connectivity index (χ1n) is 15.1. The van der Waals surface area contributed by atoms with Crippen molar-refractivity contribution in [2.75, 3.05) is 48.8 Å². The number of halogens is 3. The number of aromatic amines is 1. The van der Waals surface area contributed by atoms with Crippen molar-refractivity contribution in [3.63, 3.8) is 0 Å². The molecule has 4 amide bonds. The highest BCUT2D eigenvalue weighted by atomic mass is 19.4. The van der Waals surface area contributed by atoms with E-state index in [1.54, 1.807) is 6.92 Å². The molecule has 0 bridgehead atoms. The van der Waals surface area contributed by atoms with E-state index in [0.29, 0.717) is 18.8 Å². The lowest BCUT2D eigenvalue weighted by molar-refractivity contribution is -0.141. The number of amides is 4. The number of nitrogens with one attached hydrogen (secondary N) is 3. The molecule has 0 aromatic carbocycles. The second-order valence-electron chi connectivity index (χ2n) is 10.3. The van der Waals surface area contributed by atoms with Crippen molar-refractivity contribution < 1.29 is 37.1 Å². The summed E-state index contributed by atoms with van der Waals surface area (Å²) in [6, 6.07) is 5.24. The Morgan fingerprint density at radius 3 is 2.10 bits per heavy atom. The number of alkyl halides is 3. The smallest absolute Gasteiger partial charge is 0.355 e. The summed E-state index contributed by atoms with van der Waals surface area (Å²) in [4.78, 5) is 78.2. The SMILES string of the molecule is CC.CCN(C=O)c1nc(NC(=O)c2ccc(N(CCNC(C)=O)C(=O)c3ccc(C(F)(F)F)nc3)nc2)[nH]c1C=O.CN(C)C1CC1. The predicted molar refractivity (Wildman–Crippen MR) is 173 cm³/mol. The van der Waals surface area contributed by atoms with E-state index in [9.17, 15) is 37.1 Å². The van der Waals surface area contributed by atoms with Gasteiger partial charge in [-0.2, -0.15) is 18.2 Å². The maximum Gasteiger partial charge on any atom is 0.433 e. The number of aromatic nitrogens is 4. The second-order valence-corrected chi connectivity index (χ2v) is 10.3. The highest BCUT2D eigenvalue weighted by Gasteiger charge is 2.32. The minimum absolute atomic E-state index is 0.00845. The van der Waals surface area contributed by atoms with Gasteiger partial charge in [-0.15, -0.1) is 0 Å². The van der Waals surface area contributed by atoms with E-state index in [1.807, 2.05) is 13.8 Å². The van der Waals surface area contributed by atoms with Gasteiger partial charge in [-0.3, -0.25) is 44.1 Å². The molecule has 0 aliphatic heterocycles. The van der Waals surface area contributed by atoms with Crippen LogP contribution in [0.15, 0.2) is 36.7 Å². The van der Waals surface area contributed by atoms with Gasteiger partial charge in [-0.05, 0) is 58.1 Å². The summed E-state index contributed by atoms with van der Waals surface area (Å²) in [5.41, 5.74) is -1.32. The van der Waals surface area contributed by atoms with E-state index in [2.05, 4.69) is 49.6 Å². The molecule has 4 rings (SSSR count). The number of hydrogen-bond acceptors (Lipinski definition) is 9. The van der Waals surface area contributed by atoms with Crippen LogP contribution in [0, 0.1) is 0 Å². The molecule has 0 unspecified atom stereocenters. The molecule has 3 aromatic heterocycles. The highest BCUT2D eigenvalue weighted by molar-refractivity contribution is 6.06. The molecule has 0 spiro atoms. The Morgan fingerprint density at radius 1 is 1.02 bits per heavy atom. The molecule has 14 nitrogen and oxygen atoms in total. The molecule has 3 N–H and O–H groups in total. The van der Waals surface area contributed by atoms with Crippen LogP contribution in [0.3, 0.4) is 0 Å². The van der Waals surface area contributed by atoms with Gasteiger partial charge in [0.05, 0.1) is 11.1 Å². The van der Waals surface area contributed by atoms with Gasteiger partial charge in [-0.25, -0.2) is 4.98 Å². The predicted octanol–water partition coefficient (Wildman–Crippen LogP) is 3.79. The van der Waals surface area contributed by atoms with Crippen LogP contribution in [-0.4, -0.2) is 95.0 Å². The number of carbonyl (C=O) groups excluding carboxylic acids is 5. The van der Waals surface area contributed by atoms with Crippen LogP contribution in [0.2, 0.25) is 0 Å². The number of hydrogen-bond donors (Lipinski definition) is 3. The maximum atomic E-state index is 13.1. The fourth-order valence-corrected chi connectivity index (χ4v) is 3.97. The van der Waals surface area contributed by atoms with E-state index in [-0.39, 0.29) is 59.9 Å². The van der Waals surface area contributed by atoms with Crippen LogP contribution in [0.25, 0.3) is 0 Å². The third-order valence-electron chi connectivity index (χ3n) is 6.62. The first-order chi connectivity index (χ1) is 22.8. The molecule has 3 aromatic rings.